The Labute approximate surface area is 187 Å². The summed E-state index contributed by atoms with van der Waals surface area (Å²) in [6.07, 6.45) is 4.28. The predicted octanol–water partition coefficient (Wildman–Crippen LogP) is 2.38. The molecule has 1 saturated carbocycles. The average Bonchev–Trinajstić information content (AvgIpc) is 3.44. The lowest BCUT2D eigenvalue weighted by atomic mass is 10.0. The zero-order chi connectivity index (χ0) is 22.9. The zero-order valence-electron chi connectivity index (χ0n) is 18.5. The first-order valence-corrected chi connectivity index (χ1v) is 10.9. The summed E-state index contributed by atoms with van der Waals surface area (Å²) in [4.78, 5) is 28.4. The van der Waals surface area contributed by atoms with E-state index in [0.717, 1.165) is 30.5 Å². The smallest absolute Gasteiger partial charge is 0.407 e. The van der Waals surface area contributed by atoms with Gasteiger partial charge in [-0.1, -0.05) is 13.0 Å². The van der Waals surface area contributed by atoms with Crippen LogP contribution < -0.4 is 15.4 Å². The summed E-state index contributed by atoms with van der Waals surface area (Å²) in [7, 11) is 1.54. The van der Waals surface area contributed by atoms with Gasteiger partial charge in [-0.3, -0.25) is 9.89 Å². The molecular formula is C22H31N5O5. The summed E-state index contributed by atoms with van der Waals surface area (Å²) < 4.78 is 10.5. The molecule has 2 aromatic heterocycles. The predicted molar refractivity (Wildman–Crippen MR) is 117 cm³/mol. The fourth-order valence-corrected chi connectivity index (χ4v) is 3.71. The number of aliphatic hydroxyl groups excluding tert-OH is 1. The summed E-state index contributed by atoms with van der Waals surface area (Å²) in [5, 5.41) is 21.9. The van der Waals surface area contributed by atoms with Gasteiger partial charge in [0.25, 0.3) is 0 Å². The lowest BCUT2D eigenvalue weighted by molar-refractivity contribution is -0.115. The number of nitrogens with zero attached hydrogens (tertiary/aromatic N) is 2. The van der Waals surface area contributed by atoms with Crippen LogP contribution in [0.2, 0.25) is 0 Å². The number of rotatable bonds is 10. The van der Waals surface area contributed by atoms with Gasteiger partial charge in [-0.2, -0.15) is 5.10 Å². The Balaban J connectivity index is 1.44. The molecular weight excluding hydrogens is 414 g/mol. The monoisotopic (exact) mass is 445 g/mol. The molecule has 0 saturated heterocycles. The van der Waals surface area contributed by atoms with Gasteiger partial charge in [0, 0.05) is 43.1 Å². The second kappa shape index (κ2) is 11.5. The Morgan fingerprint density at radius 3 is 2.88 bits per heavy atom. The lowest BCUT2D eigenvalue weighted by Gasteiger charge is -2.16. The highest BCUT2D eigenvalue weighted by molar-refractivity contribution is 5.91. The maximum absolute atomic E-state index is 12.3. The molecule has 2 aromatic rings. The topological polar surface area (TPSA) is 138 Å². The Bertz CT molecular complexity index is 881. The molecule has 0 bridgehead atoms. The third kappa shape index (κ3) is 6.68. The molecule has 1 unspecified atom stereocenters. The van der Waals surface area contributed by atoms with Crippen molar-refractivity contribution in [2.45, 2.75) is 51.0 Å². The molecule has 174 valence electrons. The van der Waals surface area contributed by atoms with Crippen molar-refractivity contribution in [1.82, 2.24) is 20.5 Å². The number of anilines is 1. The highest BCUT2D eigenvalue weighted by Gasteiger charge is 2.30. The Morgan fingerprint density at radius 2 is 2.19 bits per heavy atom. The molecule has 10 heteroatoms. The summed E-state index contributed by atoms with van der Waals surface area (Å²) in [6, 6.07) is 5.33. The van der Waals surface area contributed by atoms with E-state index in [0.29, 0.717) is 24.7 Å². The summed E-state index contributed by atoms with van der Waals surface area (Å²) in [5.74, 6) is 0.990. The molecule has 1 aliphatic rings. The van der Waals surface area contributed by atoms with E-state index in [1.807, 2.05) is 13.0 Å². The van der Waals surface area contributed by atoms with Crippen LogP contribution in [0.25, 0.3) is 0 Å². The number of alkyl carbamates (subject to hydrolysis) is 1. The zero-order valence-corrected chi connectivity index (χ0v) is 18.5. The van der Waals surface area contributed by atoms with Gasteiger partial charge in [0.05, 0.1) is 13.5 Å². The number of ether oxygens (including phenoxy) is 2. The van der Waals surface area contributed by atoms with Crippen molar-refractivity contribution in [3.63, 3.8) is 0 Å². The number of aromatic amines is 1. The molecule has 0 aromatic carbocycles. The van der Waals surface area contributed by atoms with Gasteiger partial charge in [-0.15, -0.1) is 0 Å². The molecule has 1 aliphatic carbocycles. The number of amides is 2. The number of hydrogen-bond donors (Lipinski definition) is 4. The number of aromatic nitrogens is 3. The van der Waals surface area contributed by atoms with Crippen molar-refractivity contribution < 1.29 is 24.2 Å². The van der Waals surface area contributed by atoms with Crippen LogP contribution in [0.4, 0.5) is 10.6 Å². The van der Waals surface area contributed by atoms with E-state index in [9.17, 15) is 14.7 Å². The first-order chi connectivity index (χ1) is 15.5. The van der Waals surface area contributed by atoms with Gasteiger partial charge in [-0.25, -0.2) is 9.78 Å². The minimum Gasteiger partial charge on any atom is -0.481 e. The van der Waals surface area contributed by atoms with Gasteiger partial charge in [0.1, 0.15) is 6.10 Å². The third-order valence-electron chi connectivity index (χ3n) is 5.71. The molecule has 0 spiro atoms. The number of carbonyl (C=O) groups excluding carboxylic acids is 2. The van der Waals surface area contributed by atoms with Crippen LogP contribution in [0.1, 0.15) is 49.8 Å². The summed E-state index contributed by atoms with van der Waals surface area (Å²) >= 11 is 0. The normalized spacial score (nSPS) is 18.7. The fourth-order valence-electron chi connectivity index (χ4n) is 3.71. The van der Waals surface area contributed by atoms with E-state index in [1.165, 1.54) is 7.11 Å². The number of hydrogen-bond acceptors (Lipinski definition) is 7. The van der Waals surface area contributed by atoms with Gasteiger partial charge in [0.15, 0.2) is 5.82 Å². The SMILES string of the molecule is CCC(CO)CNC(=O)O[C@@H]1CC[C@H](c2cc(NC(=O)Cc3ccc(OC)nc3)n[nH]2)C1. The molecule has 32 heavy (non-hydrogen) atoms. The van der Waals surface area contributed by atoms with Crippen LogP contribution in [0.5, 0.6) is 5.88 Å². The standard InChI is InChI=1S/C22H31N5O5/c1-3-14(13-28)11-24-22(30)32-17-6-5-16(9-17)18-10-19(27-26-18)25-20(29)8-15-4-7-21(31-2)23-12-15/h4,7,10,12,14,16-17,28H,3,5-6,8-9,11,13H2,1-2H3,(H,24,30)(H2,25,26,27,29)/t14?,16-,17+/m0/s1. The van der Waals surface area contributed by atoms with Crippen LogP contribution in [0, 0.1) is 5.92 Å². The Morgan fingerprint density at radius 1 is 1.34 bits per heavy atom. The Kier molecular flexibility index (Phi) is 8.43. The fraction of sp³-hybridized carbons (Fsp3) is 0.545. The second-order valence-electron chi connectivity index (χ2n) is 8.02. The molecule has 2 amide bonds. The molecule has 3 atom stereocenters. The maximum atomic E-state index is 12.3. The number of H-pyrrole nitrogens is 1. The number of aliphatic hydroxyl groups is 1. The number of carbonyl (C=O) groups is 2. The highest BCUT2D eigenvalue weighted by Crippen LogP contribution is 2.35. The van der Waals surface area contributed by atoms with E-state index in [2.05, 4.69) is 25.8 Å². The molecule has 10 nitrogen and oxygen atoms in total. The molecule has 1 fully saturated rings. The lowest BCUT2D eigenvalue weighted by Crippen LogP contribution is -2.33. The van der Waals surface area contributed by atoms with Crippen LogP contribution >= 0.6 is 0 Å². The second-order valence-corrected chi connectivity index (χ2v) is 8.02. The van der Waals surface area contributed by atoms with Crippen LogP contribution in [-0.4, -0.2) is 58.7 Å². The van der Waals surface area contributed by atoms with Gasteiger partial charge >= 0.3 is 6.09 Å². The van der Waals surface area contributed by atoms with E-state index in [-0.39, 0.29) is 36.9 Å². The average molecular weight is 446 g/mol. The highest BCUT2D eigenvalue weighted by atomic mass is 16.6. The maximum Gasteiger partial charge on any atom is 0.407 e. The van der Waals surface area contributed by atoms with Crippen molar-refractivity contribution in [2.75, 3.05) is 25.6 Å². The first-order valence-electron chi connectivity index (χ1n) is 10.9. The number of nitrogens with one attached hydrogen (secondary N) is 3. The molecule has 3 rings (SSSR count). The quantitative estimate of drug-likeness (QED) is 0.440. The van der Waals surface area contributed by atoms with E-state index < -0.39 is 6.09 Å². The molecule has 0 radical (unpaired) electrons. The molecule has 0 aliphatic heterocycles. The summed E-state index contributed by atoms with van der Waals surface area (Å²) in [6.45, 7) is 2.41. The van der Waals surface area contributed by atoms with Crippen LogP contribution in [0.3, 0.4) is 0 Å². The van der Waals surface area contributed by atoms with E-state index >= 15 is 0 Å². The Hall–Kier alpha value is -3.14. The van der Waals surface area contributed by atoms with Crippen molar-refractivity contribution in [3.8, 4) is 5.88 Å². The van der Waals surface area contributed by atoms with E-state index in [4.69, 9.17) is 9.47 Å². The van der Waals surface area contributed by atoms with Crippen molar-refractivity contribution in [3.05, 3.63) is 35.7 Å². The number of methoxy groups -OCH3 is 1. The summed E-state index contributed by atoms with van der Waals surface area (Å²) in [5.41, 5.74) is 1.68. The minimum atomic E-state index is -0.451. The van der Waals surface area contributed by atoms with Gasteiger partial charge < -0.3 is 25.2 Å². The number of pyridine rings is 1. The van der Waals surface area contributed by atoms with Crippen molar-refractivity contribution in [1.29, 1.82) is 0 Å². The third-order valence-corrected chi connectivity index (χ3v) is 5.71. The molecule has 2 heterocycles. The van der Waals surface area contributed by atoms with E-state index in [1.54, 1.807) is 18.3 Å². The molecule has 4 N–H and O–H groups in total. The van der Waals surface area contributed by atoms with Crippen molar-refractivity contribution >= 4 is 17.8 Å². The van der Waals surface area contributed by atoms with Gasteiger partial charge in [0.2, 0.25) is 11.8 Å². The minimum absolute atomic E-state index is 0.0396. The van der Waals surface area contributed by atoms with Crippen LogP contribution in [0.15, 0.2) is 24.4 Å². The van der Waals surface area contributed by atoms with Crippen molar-refractivity contribution in [2.24, 2.45) is 5.92 Å². The first kappa shape index (κ1) is 23.5. The van der Waals surface area contributed by atoms with Crippen LogP contribution in [-0.2, 0) is 16.0 Å². The van der Waals surface area contributed by atoms with Gasteiger partial charge in [-0.05, 0) is 37.2 Å². The largest absolute Gasteiger partial charge is 0.481 e.